The van der Waals surface area contributed by atoms with Crippen LogP contribution in [0.4, 0.5) is 0 Å². The van der Waals surface area contributed by atoms with Crippen LogP contribution in [0, 0.1) is 0 Å². The number of benzene rings is 1. The normalized spacial score (nSPS) is 26.0. The molecule has 5 heteroatoms. The zero-order chi connectivity index (χ0) is 15.1. The molecule has 116 valence electrons. The molecular formula is C17H21N3O2. The monoisotopic (exact) mass is 299 g/mol. The third-order valence-corrected chi connectivity index (χ3v) is 5.10. The number of aromatic nitrogens is 1. The number of hydrogen-bond donors (Lipinski definition) is 1. The molecule has 2 aromatic rings. The van der Waals surface area contributed by atoms with E-state index in [9.17, 15) is 4.79 Å². The Kier molecular flexibility index (Phi) is 3.37. The number of nitrogens with two attached hydrogens (primary N) is 1. The van der Waals surface area contributed by atoms with E-state index in [4.69, 9.17) is 10.2 Å². The minimum absolute atomic E-state index is 0.322. The van der Waals surface area contributed by atoms with Crippen LogP contribution in [0.2, 0.25) is 0 Å². The summed E-state index contributed by atoms with van der Waals surface area (Å²) in [6.07, 6.45) is 6.30. The molecule has 0 bridgehead atoms. The van der Waals surface area contributed by atoms with Gasteiger partial charge in [-0.05, 0) is 44.4 Å². The molecule has 5 nitrogen and oxygen atoms in total. The van der Waals surface area contributed by atoms with Crippen molar-refractivity contribution in [3.05, 3.63) is 29.7 Å². The van der Waals surface area contributed by atoms with Gasteiger partial charge in [0.25, 0.3) is 5.91 Å². The fourth-order valence-electron chi connectivity index (χ4n) is 3.94. The number of oxazole rings is 1. The highest BCUT2D eigenvalue weighted by Gasteiger charge is 2.33. The molecule has 2 saturated heterocycles. The lowest BCUT2D eigenvalue weighted by Gasteiger charge is -2.41. The second kappa shape index (κ2) is 5.39. The smallest absolute Gasteiger partial charge is 0.251 e. The molecule has 0 radical (unpaired) electrons. The topological polar surface area (TPSA) is 72.4 Å². The molecule has 2 atom stereocenters. The Labute approximate surface area is 129 Å². The Morgan fingerprint density at radius 1 is 1.27 bits per heavy atom. The number of amides is 1. The van der Waals surface area contributed by atoms with E-state index in [1.807, 2.05) is 6.07 Å². The van der Waals surface area contributed by atoms with Gasteiger partial charge in [-0.2, -0.15) is 0 Å². The summed E-state index contributed by atoms with van der Waals surface area (Å²) in [6.45, 7) is 2.21. The molecule has 3 heterocycles. The molecule has 2 aliphatic heterocycles. The Hall–Kier alpha value is -1.88. The summed E-state index contributed by atoms with van der Waals surface area (Å²) >= 11 is 0. The second-order valence-electron chi connectivity index (χ2n) is 6.49. The number of rotatable bonds is 2. The first-order chi connectivity index (χ1) is 10.7. The van der Waals surface area contributed by atoms with Crippen LogP contribution in [-0.2, 0) is 0 Å². The van der Waals surface area contributed by atoms with Crippen molar-refractivity contribution in [1.29, 1.82) is 0 Å². The first-order valence-electron chi connectivity index (χ1n) is 8.15. The van der Waals surface area contributed by atoms with Gasteiger partial charge in [0.05, 0.1) is 5.56 Å². The van der Waals surface area contributed by atoms with Crippen LogP contribution in [0.1, 0.15) is 54.3 Å². The zero-order valence-corrected chi connectivity index (χ0v) is 12.6. The number of carbonyl (C=O) groups is 1. The van der Waals surface area contributed by atoms with Crippen LogP contribution >= 0.6 is 0 Å². The van der Waals surface area contributed by atoms with Gasteiger partial charge in [0.2, 0.25) is 0 Å². The van der Waals surface area contributed by atoms with Crippen molar-refractivity contribution in [3.8, 4) is 0 Å². The van der Waals surface area contributed by atoms with Crippen LogP contribution in [0.15, 0.2) is 22.6 Å². The Balaban J connectivity index is 1.64. The molecule has 0 saturated carbocycles. The lowest BCUT2D eigenvalue weighted by Crippen LogP contribution is -2.45. The van der Waals surface area contributed by atoms with Gasteiger partial charge in [-0.25, -0.2) is 4.98 Å². The molecule has 1 amide bonds. The molecule has 2 aliphatic rings. The second-order valence-corrected chi connectivity index (χ2v) is 6.49. The summed E-state index contributed by atoms with van der Waals surface area (Å²) in [5.74, 6) is 0.625. The summed E-state index contributed by atoms with van der Waals surface area (Å²) < 4.78 is 5.93. The van der Waals surface area contributed by atoms with Crippen LogP contribution in [0.5, 0.6) is 0 Å². The molecular weight excluding hydrogens is 278 g/mol. The number of nitrogens with zero attached hydrogens (tertiary/aromatic N) is 2. The standard InChI is InChI=1S/C17H21N3O2/c18-16(21)13-5-3-6-14-15(13)19-17(22-14)11-7-8-12-4-1-2-9-20(12)10-11/h3,5-6,11-12H,1-2,4,7-10H2,(H2,18,21). The summed E-state index contributed by atoms with van der Waals surface area (Å²) in [5, 5.41) is 0. The van der Waals surface area contributed by atoms with E-state index < -0.39 is 5.91 Å². The summed E-state index contributed by atoms with van der Waals surface area (Å²) in [6, 6.07) is 6.10. The van der Waals surface area contributed by atoms with Crippen LogP contribution < -0.4 is 5.73 Å². The fraction of sp³-hybridized carbons (Fsp3) is 0.529. The maximum Gasteiger partial charge on any atom is 0.251 e. The van der Waals surface area contributed by atoms with Crippen molar-refractivity contribution < 1.29 is 9.21 Å². The number of carbonyl (C=O) groups excluding carboxylic acids is 1. The van der Waals surface area contributed by atoms with Crippen molar-refractivity contribution >= 4 is 17.0 Å². The van der Waals surface area contributed by atoms with Gasteiger partial charge < -0.3 is 10.2 Å². The van der Waals surface area contributed by atoms with Crippen LogP contribution in [0.25, 0.3) is 11.1 Å². The molecule has 4 rings (SSSR count). The average molecular weight is 299 g/mol. The zero-order valence-electron chi connectivity index (χ0n) is 12.6. The molecule has 1 aromatic heterocycles. The summed E-state index contributed by atoms with van der Waals surface area (Å²) in [5.41, 5.74) is 7.13. The highest BCUT2D eigenvalue weighted by molar-refractivity contribution is 6.03. The van der Waals surface area contributed by atoms with Crippen molar-refractivity contribution in [3.63, 3.8) is 0 Å². The number of hydrogen-bond acceptors (Lipinski definition) is 4. The third-order valence-electron chi connectivity index (χ3n) is 5.10. The van der Waals surface area contributed by atoms with E-state index in [2.05, 4.69) is 9.88 Å². The fourth-order valence-corrected chi connectivity index (χ4v) is 3.94. The van der Waals surface area contributed by atoms with E-state index in [0.29, 0.717) is 22.6 Å². The SMILES string of the molecule is NC(=O)c1cccc2oc(C3CCC4CCCCN4C3)nc12. The predicted molar refractivity (Wildman–Crippen MR) is 83.7 cm³/mol. The van der Waals surface area contributed by atoms with Crippen molar-refractivity contribution in [2.45, 2.75) is 44.1 Å². The Bertz CT molecular complexity index is 709. The molecule has 1 aromatic carbocycles. The minimum atomic E-state index is -0.454. The van der Waals surface area contributed by atoms with E-state index in [0.717, 1.165) is 24.9 Å². The number of primary amides is 1. The highest BCUT2D eigenvalue weighted by Crippen LogP contribution is 2.35. The Morgan fingerprint density at radius 3 is 3.05 bits per heavy atom. The van der Waals surface area contributed by atoms with E-state index in [1.165, 1.54) is 32.2 Å². The molecule has 2 fully saturated rings. The van der Waals surface area contributed by atoms with Gasteiger partial charge in [0.1, 0.15) is 5.52 Å². The van der Waals surface area contributed by atoms with Gasteiger partial charge in [-0.3, -0.25) is 9.69 Å². The minimum Gasteiger partial charge on any atom is -0.440 e. The quantitative estimate of drug-likeness (QED) is 0.925. The number of fused-ring (bicyclic) bond motifs is 2. The molecule has 2 N–H and O–H groups in total. The molecule has 0 aliphatic carbocycles. The predicted octanol–water partition coefficient (Wildman–Crippen LogP) is 2.66. The number of piperidine rings is 2. The molecule has 2 unspecified atom stereocenters. The average Bonchev–Trinajstić information content (AvgIpc) is 2.98. The lowest BCUT2D eigenvalue weighted by molar-refractivity contribution is 0.0898. The van der Waals surface area contributed by atoms with Crippen molar-refractivity contribution in [1.82, 2.24) is 9.88 Å². The maximum atomic E-state index is 11.5. The van der Waals surface area contributed by atoms with Gasteiger partial charge in [0.15, 0.2) is 11.5 Å². The lowest BCUT2D eigenvalue weighted by atomic mass is 9.87. The first kappa shape index (κ1) is 13.8. The van der Waals surface area contributed by atoms with E-state index >= 15 is 0 Å². The highest BCUT2D eigenvalue weighted by atomic mass is 16.3. The van der Waals surface area contributed by atoms with Gasteiger partial charge in [-0.1, -0.05) is 12.5 Å². The van der Waals surface area contributed by atoms with Crippen LogP contribution in [0.3, 0.4) is 0 Å². The first-order valence-corrected chi connectivity index (χ1v) is 8.15. The molecule has 0 spiro atoms. The largest absolute Gasteiger partial charge is 0.440 e. The summed E-state index contributed by atoms with van der Waals surface area (Å²) in [7, 11) is 0. The maximum absolute atomic E-state index is 11.5. The van der Waals surface area contributed by atoms with Crippen molar-refractivity contribution in [2.75, 3.05) is 13.1 Å². The third kappa shape index (κ3) is 2.29. The molecule has 22 heavy (non-hydrogen) atoms. The van der Waals surface area contributed by atoms with Gasteiger partial charge in [-0.15, -0.1) is 0 Å². The van der Waals surface area contributed by atoms with Crippen molar-refractivity contribution in [2.24, 2.45) is 5.73 Å². The summed E-state index contributed by atoms with van der Waals surface area (Å²) in [4.78, 5) is 18.7. The Morgan fingerprint density at radius 2 is 2.18 bits per heavy atom. The van der Waals surface area contributed by atoms with E-state index in [1.54, 1.807) is 12.1 Å². The van der Waals surface area contributed by atoms with Gasteiger partial charge in [0, 0.05) is 18.5 Å². The van der Waals surface area contributed by atoms with E-state index in [-0.39, 0.29) is 0 Å². The number of para-hydroxylation sites is 1. The van der Waals surface area contributed by atoms with Crippen LogP contribution in [-0.4, -0.2) is 34.9 Å². The van der Waals surface area contributed by atoms with Gasteiger partial charge >= 0.3 is 0 Å².